The average Bonchev–Trinajstić information content (AvgIpc) is 2.14. The van der Waals surface area contributed by atoms with Crippen LogP contribution >= 0.6 is 15.9 Å². The van der Waals surface area contributed by atoms with Gasteiger partial charge in [-0.15, -0.1) is 0 Å². The van der Waals surface area contributed by atoms with Gasteiger partial charge in [0, 0.05) is 22.8 Å². The van der Waals surface area contributed by atoms with Crippen molar-refractivity contribution in [2.75, 3.05) is 0 Å². The topological polar surface area (TPSA) is 38.9 Å². The van der Waals surface area contributed by atoms with Crippen LogP contribution in [0, 0.1) is 0 Å². The number of halogens is 6. The molecule has 1 aromatic heterocycles. The summed E-state index contributed by atoms with van der Waals surface area (Å²) in [6.45, 7) is -0.447. The van der Waals surface area contributed by atoms with Gasteiger partial charge >= 0.3 is 6.18 Å². The Morgan fingerprint density at radius 3 is 2.31 bits per heavy atom. The average molecular weight is 305 g/mol. The van der Waals surface area contributed by atoms with Gasteiger partial charge in [-0.25, -0.2) is 8.78 Å². The number of pyridine rings is 1. The molecule has 1 heterocycles. The van der Waals surface area contributed by atoms with E-state index in [4.69, 9.17) is 5.73 Å². The Labute approximate surface area is 95.8 Å². The summed E-state index contributed by atoms with van der Waals surface area (Å²) in [5.41, 5.74) is 2.95. The van der Waals surface area contributed by atoms with Crippen molar-refractivity contribution in [1.29, 1.82) is 0 Å². The monoisotopic (exact) mass is 304 g/mol. The van der Waals surface area contributed by atoms with E-state index in [0.29, 0.717) is 6.20 Å². The number of rotatable bonds is 2. The van der Waals surface area contributed by atoms with E-state index in [1.54, 1.807) is 0 Å². The lowest BCUT2D eigenvalue weighted by molar-refractivity contribution is -0.138. The molecule has 0 aliphatic rings. The number of nitrogens with two attached hydrogens (primary N) is 1. The fourth-order valence-corrected chi connectivity index (χ4v) is 1.82. The summed E-state index contributed by atoms with van der Waals surface area (Å²) in [5, 5.41) is 0. The van der Waals surface area contributed by atoms with E-state index in [2.05, 4.69) is 20.9 Å². The second-order valence-corrected chi connectivity index (χ2v) is 3.65. The van der Waals surface area contributed by atoms with Gasteiger partial charge in [-0.1, -0.05) is 0 Å². The Morgan fingerprint density at radius 2 is 1.94 bits per heavy atom. The Hall–Kier alpha value is -0.760. The Balaban J connectivity index is 3.41. The molecule has 0 saturated heterocycles. The van der Waals surface area contributed by atoms with Crippen molar-refractivity contribution < 1.29 is 22.0 Å². The van der Waals surface area contributed by atoms with Gasteiger partial charge < -0.3 is 5.73 Å². The van der Waals surface area contributed by atoms with Crippen LogP contribution in [0.25, 0.3) is 0 Å². The Kier molecular flexibility index (Phi) is 3.84. The fraction of sp³-hybridized carbons (Fsp3) is 0.375. The van der Waals surface area contributed by atoms with Gasteiger partial charge in [-0.3, -0.25) is 4.98 Å². The van der Waals surface area contributed by atoms with Crippen molar-refractivity contribution in [3.05, 3.63) is 27.5 Å². The lowest BCUT2D eigenvalue weighted by Crippen LogP contribution is -2.13. The van der Waals surface area contributed by atoms with Crippen LogP contribution in [0.5, 0.6) is 0 Å². The van der Waals surface area contributed by atoms with Crippen LogP contribution < -0.4 is 5.73 Å². The Bertz CT molecular complexity index is 391. The van der Waals surface area contributed by atoms with Crippen molar-refractivity contribution in [2.24, 2.45) is 5.73 Å². The molecule has 0 atom stereocenters. The molecule has 0 spiro atoms. The third-order valence-corrected chi connectivity index (χ3v) is 2.77. The maximum absolute atomic E-state index is 12.4. The highest BCUT2D eigenvalue weighted by atomic mass is 79.9. The molecule has 0 aliphatic heterocycles. The second-order valence-electron chi connectivity index (χ2n) is 2.85. The van der Waals surface area contributed by atoms with E-state index in [1.807, 2.05) is 0 Å². The van der Waals surface area contributed by atoms with E-state index in [1.165, 1.54) is 0 Å². The van der Waals surface area contributed by atoms with Crippen LogP contribution in [0.3, 0.4) is 0 Å². The van der Waals surface area contributed by atoms with Gasteiger partial charge in [0.05, 0.1) is 5.56 Å². The largest absolute Gasteiger partial charge is 0.418 e. The summed E-state index contributed by atoms with van der Waals surface area (Å²) in [7, 11) is 0. The molecule has 0 radical (unpaired) electrons. The number of hydrogen-bond acceptors (Lipinski definition) is 2. The molecule has 0 amide bonds. The zero-order chi connectivity index (χ0) is 12.5. The van der Waals surface area contributed by atoms with Gasteiger partial charge in [-0.05, 0) is 15.9 Å². The van der Waals surface area contributed by atoms with Crippen LogP contribution in [0.4, 0.5) is 22.0 Å². The smallest absolute Gasteiger partial charge is 0.326 e. The van der Waals surface area contributed by atoms with Gasteiger partial charge in [0.2, 0.25) is 0 Å². The summed E-state index contributed by atoms with van der Waals surface area (Å²) < 4.78 is 61.5. The molecule has 8 heteroatoms. The number of aromatic nitrogens is 1. The fourth-order valence-electron chi connectivity index (χ4n) is 1.12. The first-order valence-electron chi connectivity index (χ1n) is 4.01. The predicted molar refractivity (Wildman–Crippen MR) is 49.8 cm³/mol. The maximum atomic E-state index is 12.4. The first-order chi connectivity index (χ1) is 7.29. The van der Waals surface area contributed by atoms with Crippen molar-refractivity contribution in [3.8, 4) is 0 Å². The Morgan fingerprint density at radius 1 is 1.38 bits per heavy atom. The van der Waals surface area contributed by atoms with Crippen molar-refractivity contribution >= 4 is 15.9 Å². The molecular formula is C8H6BrF5N2. The van der Waals surface area contributed by atoms with E-state index < -0.39 is 34.9 Å². The molecule has 1 aromatic rings. The van der Waals surface area contributed by atoms with Crippen molar-refractivity contribution in [1.82, 2.24) is 4.98 Å². The first kappa shape index (κ1) is 13.3. The van der Waals surface area contributed by atoms with E-state index in [-0.39, 0.29) is 5.56 Å². The maximum Gasteiger partial charge on any atom is 0.418 e. The highest BCUT2D eigenvalue weighted by Gasteiger charge is 2.35. The van der Waals surface area contributed by atoms with Gasteiger partial charge in [0.1, 0.15) is 5.69 Å². The standard InChI is InChI=1S/C8H6BrF5N2/c9-5-3(1-15)6(7(10)11)16-2-4(5)8(12,13)14/h2,7H,1,15H2. The quantitative estimate of drug-likeness (QED) is 0.852. The summed E-state index contributed by atoms with van der Waals surface area (Å²) in [4.78, 5) is 3.10. The molecule has 0 fully saturated rings. The molecule has 1 rings (SSSR count). The molecular weight excluding hydrogens is 299 g/mol. The predicted octanol–water partition coefficient (Wildman–Crippen LogP) is 3.26. The summed E-state index contributed by atoms with van der Waals surface area (Å²) in [6.07, 6.45) is -7.25. The third-order valence-electron chi connectivity index (χ3n) is 1.86. The number of nitrogens with zero attached hydrogens (tertiary/aromatic N) is 1. The number of alkyl halides is 5. The molecule has 0 aliphatic carbocycles. The second kappa shape index (κ2) is 4.62. The SMILES string of the molecule is NCc1c(C(F)F)ncc(C(F)(F)F)c1Br. The molecule has 0 bridgehead atoms. The highest BCUT2D eigenvalue weighted by molar-refractivity contribution is 9.10. The third kappa shape index (κ3) is 2.49. The molecule has 16 heavy (non-hydrogen) atoms. The summed E-state index contributed by atoms with van der Waals surface area (Å²) in [6, 6.07) is 0. The lowest BCUT2D eigenvalue weighted by Gasteiger charge is -2.14. The van der Waals surface area contributed by atoms with E-state index in [0.717, 1.165) is 0 Å². The van der Waals surface area contributed by atoms with Crippen LogP contribution in [-0.4, -0.2) is 4.98 Å². The molecule has 0 aromatic carbocycles. The molecule has 0 saturated carbocycles. The van der Waals surface area contributed by atoms with Crippen molar-refractivity contribution in [2.45, 2.75) is 19.1 Å². The van der Waals surface area contributed by atoms with Crippen LogP contribution in [-0.2, 0) is 12.7 Å². The summed E-state index contributed by atoms with van der Waals surface area (Å²) in [5.74, 6) is 0. The molecule has 0 unspecified atom stereocenters. The minimum atomic E-state index is -4.66. The summed E-state index contributed by atoms with van der Waals surface area (Å²) >= 11 is 2.62. The van der Waals surface area contributed by atoms with Crippen LogP contribution in [0.15, 0.2) is 10.7 Å². The van der Waals surface area contributed by atoms with Gasteiger partial charge in [0.15, 0.2) is 0 Å². The van der Waals surface area contributed by atoms with Gasteiger partial charge in [0.25, 0.3) is 6.43 Å². The van der Waals surface area contributed by atoms with Crippen molar-refractivity contribution in [3.63, 3.8) is 0 Å². The normalized spacial score (nSPS) is 12.2. The van der Waals surface area contributed by atoms with Gasteiger partial charge in [-0.2, -0.15) is 13.2 Å². The molecule has 2 N–H and O–H groups in total. The highest BCUT2D eigenvalue weighted by Crippen LogP contribution is 2.38. The van der Waals surface area contributed by atoms with E-state index >= 15 is 0 Å². The zero-order valence-corrected chi connectivity index (χ0v) is 9.24. The molecule has 2 nitrogen and oxygen atoms in total. The van der Waals surface area contributed by atoms with E-state index in [9.17, 15) is 22.0 Å². The zero-order valence-electron chi connectivity index (χ0n) is 7.65. The minimum absolute atomic E-state index is 0.329. The number of hydrogen-bond donors (Lipinski definition) is 1. The lowest BCUT2D eigenvalue weighted by atomic mass is 10.1. The molecule has 90 valence electrons. The van der Waals surface area contributed by atoms with Crippen LogP contribution in [0.1, 0.15) is 23.2 Å². The minimum Gasteiger partial charge on any atom is -0.326 e. The first-order valence-corrected chi connectivity index (χ1v) is 4.81. The van der Waals surface area contributed by atoms with Crippen LogP contribution in [0.2, 0.25) is 0 Å².